The number of thioether (sulfide) groups is 1. The van der Waals surface area contributed by atoms with Crippen molar-refractivity contribution in [3.8, 4) is 0 Å². The molecule has 106 valence electrons. The largest absolute Gasteiger partial charge is 0.355 e. The highest BCUT2D eigenvalue weighted by Crippen LogP contribution is 2.23. The average Bonchev–Trinajstić information content (AvgIpc) is 2.95. The van der Waals surface area contributed by atoms with Gasteiger partial charge in [-0.3, -0.25) is 4.79 Å². The first-order valence-corrected chi connectivity index (χ1v) is 7.62. The maximum absolute atomic E-state index is 11.5. The van der Waals surface area contributed by atoms with Crippen LogP contribution >= 0.6 is 11.8 Å². The minimum absolute atomic E-state index is 0.0631. The third-order valence-electron chi connectivity index (χ3n) is 3.14. The van der Waals surface area contributed by atoms with Crippen LogP contribution in [-0.4, -0.2) is 22.3 Å². The van der Waals surface area contributed by atoms with Crippen LogP contribution in [0.1, 0.15) is 16.1 Å². The summed E-state index contributed by atoms with van der Waals surface area (Å²) < 4.78 is 2.02. The van der Waals surface area contributed by atoms with Crippen LogP contribution in [0.25, 0.3) is 5.65 Å². The van der Waals surface area contributed by atoms with Crippen molar-refractivity contribution in [2.24, 2.45) is 0 Å². The lowest BCUT2D eigenvalue weighted by molar-refractivity contribution is 0.0963. The highest BCUT2D eigenvalue weighted by atomic mass is 32.2. The van der Waals surface area contributed by atoms with Gasteiger partial charge in [0.05, 0.1) is 5.69 Å². The van der Waals surface area contributed by atoms with Gasteiger partial charge >= 0.3 is 0 Å². The van der Waals surface area contributed by atoms with Crippen LogP contribution in [0.15, 0.2) is 59.8 Å². The van der Waals surface area contributed by atoms with E-state index in [0.717, 1.165) is 22.0 Å². The number of carbonyl (C=O) groups is 1. The summed E-state index contributed by atoms with van der Waals surface area (Å²) in [5.74, 6) is 0.743. The van der Waals surface area contributed by atoms with Crippen molar-refractivity contribution >= 4 is 23.3 Å². The Balaban J connectivity index is 1.68. The number of carbonyl (C=O) groups excluding carboxylic acids is 1. The van der Waals surface area contributed by atoms with Crippen molar-refractivity contribution in [2.45, 2.75) is 10.6 Å². The second kappa shape index (κ2) is 6.01. The number of amides is 1. The van der Waals surface area contributed by atoms with Gasteiger partial charge in [-0.15, -0.1) is 11.8 Å². The van der Waals surface area contributed by atoms with Crippen LogP contribution in [-0.2, 0) is 5.75 Å². The Morgan fingerprint density at radius 1 is 1.24 bits per heavy atom. The number of hydrogen-bond acceptors (Lipinski definition) is 3. The Kier molecular flexibility index (Phi) is 3.92. The van der Waals surface area contributed by atoms with E-state index in [9.17, 15) is 4.79 Å². The van der Waals surface area contributed by atoms with Gasteiger partial charge in [-0.25, -0.2) is 4.98 Å². The molecule has 4 nitrogen and oxygen atoms in total. The van der Waals surface area contributed by atoms with Crippen molar-refractivity contribution < 1.29 is 4.79 Å². The molecule has 3 aromatic rings. The zero-order valence-electron chi connectivity index (χ0n) is 11.6. The molecule has 2 heterocycles. The van der Waals surface area contributed by atoms with E-state index in [0.29, 0.717) is 5.56 Å². The average molecular weight is 297 g/mol. The summed E-state index contributed by atoms with van der Waals surface area (Å²) in [6.07, 6.45) is 4.04. The van der Waals surface area contributed by atoms with Gasteiger partial charge in [0.1, 0.15) is 5.65 Å². The molecule has 0 aliphatic carbocycles. The van der Waals surface area contributed by atoms with Crippen LogP contribution in [0.4, 0.5) is 0 Å². The van der Waals surface area contributed by atoms with E-state index in [1.54, 1.807) is 18.8 Å². The Labute approximate surface area is 127 Å². The molecule has 1 amide bonds. The second-order valence-corrected chi connectivity index (χ2v) is 5.64. The molecule has 0 aliphatic rings. The molecule has 0 saturated heterocycles. The van der Waals surface area contributed by atoms with Crippen molar-refractivity contribution in [3.05, 3.63) is 66.1 Å². The van der Waals surface area contributed by atoms with Crippen LogP contribution in [0.5, 0.6) is 0 Å². The van der Waals surface area contributed by atoms with E-state index < -0.39 is 0 Å². The SMILES string of the molecule is CNC(=O)c1ccc(SCc2cn3ccccc3n2)cc1. The van der Waals surface area contributed by atoms with E-state index in [2.05, 4.69) is 10.3 Å². The summed E-state index contributed by atoms with van der Waals surface area (Å²) in [5, 5.41) is 2.61. The smallest absolute Gasteiger partial charge is 0.251 e. The summed E-state index contributed by atoms with van der Waals surface area (Å²) in [5.41, 5.74) is 2.68. The highest BCUT2D eigenvalue weighted by Gasteiger charge is 2.04. The Hall–Kier alpha value is -2.27. The van der Waals surface area contributed by atoms with Gasteiger partial charge in [-0.05, 0) is 36.4 Å². The van der Waals surface area contributed by atoms with Crippen molar-refractivity contribution in [2.75, 3.05) is 7.05 Å². The number of nitrogens with one attached hydrogen (secondary N) is 1. The van der Waals surface area contributed by atoms with Crippen LogP contribution in [0, 0.1) is 0 Å². The lowest BCUT2D eigenvalue weighted by Gasteiger charge is -2.02. The quantitative estimate of drug-likeness (QED) is 0.753. The molecular formula is C16H15N3OS. The molecule has 1 aromatic carbocycles. The number of rotatable bonds is 4. The number of imidazole rings is 1. The first kappa shape index (κ1) is 13.7. The highest BCUT2D eigenvalue weighted by molar-refractivity contribution is 7.98. The van der Waals surface area contributed by atoms with E-state index >= 15 is 0 Å². The van der Waals surface area contributed by atoms with Crippen LogP contribution in [0.3, 0.4) is 0 Å². The molecule has 0 saturated carbocycles. The first-order valence-electron chi connectivity index (χ1n) is 6.64. The molecule has 0 aliphatic heterocycles. The molecule has 2 aromatic heterocycles. The van der Waals surface area contributed by atoms with Gasteiger partial charge in [-0.1, -0.05) is 6.07 Å². The maximum Gasteiger partial charge on any atom is 0.251 e. The fourth-order valence-electron chi connectivity index (χ4n) is 2.06. The van der Waals surface area contributed by atoms with Gasteiger partial charge in [0.25, 0.3) is 5.91 Å². The van der Waals surface area contributed by atoms with E-state index in [4.69, 9.17) is 0 Å². The molecule has 0 fully saturated rings. The molecule has 0 unspecified atom stereocenters. The Morgan fingerprint density at radius 3 is 2.76 bits per heavy atom. The molecule has 0 bridgehead atoms. The van der Waals surface area contributed by atoms with E-state index in [1.165, 1.54) is 0 Å². The predicted octanol–water partition coefficient (Wildman–Crippen LogP) is 2.99. The number of nitrogens with zero attached hydrogens (tertiary/aromatic N) is 2. The Morgan fingerprint density at radius 2 is 2.05 bits per heavy atom. The predicted molar refractivity (Wildman–Crippen MR) is 84.6 cm³/mol. The summed E-state index contributed by atoms with van der Waals surface area (Å²) in [4.78, 5) is 17.2. The van der Waals surface area contributed by atoms with E-state index in [1.807, 2.05) is 59.3 Å². The number of aromatic nitrogens is 2. The van der Waals surface area contributed by atoms with Crippen molar-refractivity contribution in [1.82, 2.24) is 14.7 Å². The molecular weight excluding hydrogens is 282 g/mol. The fraction of sp³-hybridized carbons (Fsp3) is 0.125. The van der Waals surface area contributed by atoms with Crippen LogP contribution < -0.4 is 5.32 Å². The summed E-state index contributed by atoms with van der Waals surface area (Å²) in [6, 6.07) is 13.6. The van der Waals surface area contributed by atoms with Gasteiger partial charge in [0.15, 0.2) is 0 Å². The number of pyridine rings is 1. The fourth-order valence-corrected chi connectivity index (χ4v) is 2.84. The third kappa shape index (κ3) is 3.08. The molecule has 0 spiro atoms. The lowest BCUT2D eigenvalue weighted by Crippen LogP contribution is -2.17. The van der Waals surface area contributed by atoms with Crippen LogP contribution in [0.2, 0.25) is 0 Å². The zero-order chi connectivity index (χ0) is 14.7. The summed E-state index contributed by atoms with van der Waals surface area (Å²) >= 11 is 1.71. The topological polar surface area (TPSA) is 46.4 Å². The van der Waals surface area contributed by atoms with Gasteiger partial charge in [0.2, 0.25) is 0 Å². The standard InChI is InChI=1S/C16H15N3OS/c1-17-16(20)12-5-7-14(8-6-12)21-11-13-10-19-9-3-2-4-15(19)18-13/h2-10H,11H2,1H3,(H,17,20). The molecule has 1 N–H and O–H groups in total. The van der Waals surface area contributed by atoms with Crippen molar-refractivity contribution in [3.63, 3.8) is 0 Å². The van der Waals surface area contributed by atoms with Gasteiger partial charge < -0.3 is 9.72 Å². The number of hydrogen-bond donors (Lipinski definition) is 1. The monoisotopic (exact) mass is 297 g/mol. The minimum atomic E-state index is -0.0631. The lowest BCUT2D eigenvalue weighted by atomic mass is 10.2. The maximum atomic E-state index is 11.5. The molecule has 0 atom stereocenters. The first-order chi connectivity index (χ1) is 10.3. The normalized spacial score (nSPS) is 10.7. The second-order valence-electron chi connectivity index (χ2n) is 4.59. The number of benzene rings is 1. The summed E-state index contributed by atoms with van der Waals surface area (Å²) in [7, 11) is 1.63. The molecule has 3 rings (SSSR count). The Bertz CT molecular complexity index is 732. The molecule has 21 heavy (non-hydrogen) atoms. The summed E-state index contributed by atoms with van der Waals surface area (Å²) in [6.45, 7) is 0. The molecule has 0 radical (unpaired) electrons. The number of fused-ring (bicyclic) bond motifs is 1. The van der Waals surface area contributed by atoms with E-state index in [-0.39, 0.29) is 5.91 Å². The zero-order valence-corrected chi connectivity index (χ0v) is 12.4. The molecule has 5 heteroatoms. The van der Waals surface area contributed by atoms with Crippen molar-refractivity contribution in [1.29, 1.82) is 0 Å². The van der Waals surface area contributed by atoms with Gasteiger partial charge in [-0.2, -0.15) is 0 Å². The third-order valence-corrected chi connectivity index (χ3v) is 4.19. The minimum Gasteiger partial charge on any atom is -0.355 e. The van der Waals surface area contributed by atoms with Gasteiger partial charge in [0, 0.05) is 35.7 Å².